The zero-order chi connectivity index (χ0) is 16.1. The van der Waals surface area contributed by atoms with Crippen LogP contribution >= 0.6 is 11.8 Å². The smallest absolute Gasteiger partial charge is 0.227 e. The fourth-order valence-corrected chi connectivity index (χ4v) is 3.82. The lowest BCUT2D eigenvalue weighted by molar-refractivity contribution is -0.121. The Hall–Kier alpha value is -1.82. The summed E-state index contributed by atoms with van der Waals surface area (Å²) in [7, 11) is 0. The number of carbonyl (C=O) groups excluding carboxylic acids is 1. The Kier molecular flexibility index (Phi) is 5.33. The van der Waals surface area contributed by atoms with Gasteiger partial charge in [-0.15, -0.1) is 11.8 Å². The third kappa shape index (κ3) is 4.13. The van der Waals surface area contributed by atoms with Gasteiger partial charge in [0.1, 0.15) is 0 Å². The molecule has 0 saturated carbocycles. The molecule has 1 aliphatic rings. The Morgan fingerprint density at radius 1 is 1.39 bits per heavy atom. The quantitative estimate of drug-likeness (QED) is 0.879. The summed E-state index contributed by atoms with van der Waals surface area (Å²) in [6.07, 6.45) is 3.63. The van der Waals surface area contributed by atoms with E-state index in [1.807, 2.05) is 23.9 Å². The molecule has 0 unspecified atom stereocenters. The highest BCUT2D eigenvalue weighted by Crippen LogP contribution is 2.35. The highest BCUT2D eigenvalue weighted by Gasteiger charge is 2.22. The molecule has 6 heteroatoms. The fraction of sp³-hybridized carbons (Fsp3) is 0.471. The fourth-order valence-electron chi connectivity index (χ4n) is 2.70. The average Bonchev–Trinajstić information content (AvgIpc) is 3.01. The van der Waals surface area contributed by atoms with Gasteiger partial charge in [-0.1, -0.05) is 30.3 Å². The van der Waals surface area contributed by atoms with Crippen LogP contribution in [0.3, 0.4) is 0 Å². The minimum Gasteiger partial charge on any atom is -0.349 e. The van der Waals surface area contributed by atoms with Gasteiger partial charge in [0.05, 0.1) is 6.04 Å². The number of nitrogens with one attached hydrogen (secondary N) is 1. The van der Waals surface area contributed by atoms with Gasteiger partial charge in [-0.25, -0.2) is 0 Å². The number of fused-ring (bicyclic) bond motifs is 1. The SMILES string of the molecule is CCCc1noc(CCC(=O)N[C@H]2CCSc3ccccc32)n1. The first kappa shape index (κ1) is 16.1. The van der Waals surface area contributed by atoms with Crippen LogP contribution in [0.25, 0.3) is 0 Å². The molecule has 0 radical (unpaired) electrons. The van der Waals surface area contributed by atoms with Gasteiger partial charge >= 0.3 is 0 Å². The van der Waals surface area contributed by atoms with Crippen LogP contribution in [0.4, 0.5) is 0 Å². The molecule has 1 atom stereocenters. The molecule has 0 fully saturated rings. The summed E-state index contributed by atoms with van der Waals surface area (Å²) >= 11 is 1.85. The molecule has 0 spiro atoms. The molecular weight excluding hydrogens is 310 g/mol. The predicted molar refractivity (Wildman–Crippen MR) is 89.3 cm³/mol. The number of benzene rings is 1. The maximum atomic E-state index is 12.2. The van der Waals surface area contributed by atoms with Gasteiger partial charge in [-0.05, 0) is 24.5 Å². The van der Waals surface area contributed by atoms with Crippen LogP contribution in [0.15, 0.2) is 33.7 Å². The maximum absolute atomic E-state index is 12.2. The van der Waals surface area contributed by atoms with Gasteiger partial charge in [-0.3, -0.25) is 4.79 Å². The lowest BCUT2D eigenvalue weighted by Gasteiger charge is -2.25. The molecule has 1 N–H and O–H groups in total. The molecule has 2 aromatic rings. The summed E-state index contributed by atoms with van der Waals surface area (Å²) < 4.78 is 5.17. The summed E-state index contributed by atoms with van der Waals surface area (Å²) in [5, 5.41) is 7.04. The average molecular weight is 331 g/mol. The van der Waals surface area contributed by atoms with Gasteiger partial charge < -0.3 is 9.84 Å². The molecule has 1 aliphatic heterocycles. The Balaban J connectivity index is 1.53. The van der Waals surface area contributed by atoms with Crippen LogP contribution in [0.2, 0.25) is 0 Å². The molecular formula is C17H21N3O2S. The van der Waals surface area contributed by atoms with E-state index < -0.39 is 0 Å². The van der Waals surface area contributed by atoms with Gasteiger partial charge in [0.2, 0.25) is 11.8 Å². The minimum atomic E-state index is 0.0342. The molecule has 122 valence electrons. The van der Waals surface area contributed by atoms with E-state index in [4.69, 9.17) is 4.52 Å². The maximum Gasteiger partial charge on any atom is 0.227 e. The first-order chi connectivity index (χ1) is 11.3. The van der Waals surface area contributed by atoms with E-state index in [0.717, 1.165) is 30.8 Å². The molecule has 0 saturated heterocycles. The van der Waals surface area contributed by atoms with Crippen LogP contribution in [-0.4, -0.2) is 21.8 Å². The van der Waals surface area contributed by atoms with Gasteiger partial charge in [0.15, 0.2) is 5.82 Å². The van der Waals surface area contributed by atoms with Crippen molar-refractivity contribution in [3.63, 3.8) is 0 Å². The highest BCUT2D eigenvalue weighted by atomic mass is 32.2. The van der Waals surface area contributed by atoms with Crippen LogP contribution in [0, 0.1) is 0 Å². The molecule has 1 aromatic carbocycles. The predicted octanol–water partition coefficient (Wildman–Crippen LogP) is 3.31. The number of hydrogen-bond acceptors (Lipinski definition) is 5. The molecule has 2 heterocycles. The highest BCUT2D eigenvalue weighted by molar-refractivity contribution is 7.99. The summed E-state index contributed by atoms with van der Waals surface area (Å²) in [5.74, 6) is 2.34. The Morgan fingerprint density at radius 3 is 3.13 bits per heavy atom. The second kappa shape index (κ2) is 7.64. The number of aromatic nitrogens is 2. The van der Waals surface area contributed by atoms with E-state index in [1.54, 1.807) is 0 Å². The van der Waals surface area contributed by atoms with Gasteiger partial charge in [-0.2, -0.15) is 4.98 Å². The monoisotopic (exact) mass is 331 g/mol. The van der Waals surface area contributed by atoms with Crippen molar-refractivity contribution >= 4 is 17.7 Å². The van der Waals surface area contributed by atoms with Crippen molar-refractivity contribution in [3.05, 3.63) is 41.5 Å². The summed E-state index contributed by atoms with van der Waals surface area (Å²) in [5.41, 5.74) is 1.22. The van der Waals surface area contributed by atoms with E-state index in [-0.39, 0.29) is 11.9 Å². The van der Waals surface area contributed by atoms with Crippen molar-refractivity contribution < 1.29 is 9.32 Å². The van der Waals surface area contributed by atoms with Crippen molar-refractivity contribution in [3.8, 4) is 0 Å². The Labute approximate surface area is 140 Å². The molecule has 5 nitrogen and oxygen atoms in total. The number of hydrogen-bond donors (Lipinski definition) is 1. The second-order valence-electron chi connectivity index (χ2n) is 5.65. The van der Waals surface area contributed by atoms with E-state index >= 15 is 0 Å². The topological polar surface area (TPSA) is 68.0 Å². The molecule has 3 rings (SSSR count). The molecule has 0 bridgehead atoms. The van der Waals surface area contributed by atoms with Crippen molar-refractivity contribution in [1.82, 2.24) is 15.5 Å². The minimum absolute atomic E-state index is 0.0342. The van der Waals surface area contributed by atoms with E-state index in [9.17, 15) is 4.79 Å². The standard InChI is InChI=1S/C17H21N3O2S/c1-2-5-15-19-17(22-20-15)9-8-16(21)18-13-10-11-23-14-7-4-3-6-12(13)14/h3-4,6-7,13H,2,5,8-11H2,1H3,(H,18,21)/t13-/m0/s1. The molecule has 0 aliphatic carbocycles. The normalized spacial score (nSPS) is 16.8. The van der Waals surface area contributed by atoms with Crippen LogP contribution in [0.5, 0.6) is 0 Å². The van der Waals surface area contributed by atoms with E-state index in [2.05, 4.69) is 34.5 Å². The van der Waals surface area contributed by atoms with Crippen molar-refractivity contribution in [1.29, 1.82) is 0 Å². The first-order valence-electron chi connectivity index (χ1n) is 8.09. The van der Waals surface area contributed by atoms with E-state index in [0.29, 0.717) is 18.7 Å². The third-order valence-electron chi connectivity index (χ3n) is 3.84. The third-order valence-corrected chi connectivity index (χ3v) is 4.97. The number of amides is 1. The van der Waals surface area contributed by atoms with Crippen LogP contribution in [-0.2, 0) is 17.6 Å². The number of carbonyl (C=O) groups is 1. The van der Waals surface area contributed by atoms with Gasteiger partial charge in [0.25, 0.3) is 0 Å². The zero-order valence-electron chi connectivity index (χ0n) is 13.2. The Bertz CT molecular complexity index is 671. The number of aryl methyl sites for hydroxylation is 2. The first-order valence-corrected chi connectivity index (χ1v) is 9.07. The number of rotatable bonds is 6. The summed E-state index contributed by atoms with van der Waals surface area (Å²) in [6, 6.07) is 8.39. The summed E-state index contributed by atoms with van der Waals surface area (Å²) in [4.78, 5) is 17.8. The van der Waals surface area contributed by atoms with Crippen LogP contribution in [0.1, 0.15) is 49.5 Å². The Morgan fingerprint density at radius 2 is 2.26 bits per heavy atom. The number of nitrogens with zero attached hydrogens (tertiary/aromatic N) is 2. The summed E-state index contributed by atoms with van der Waals surface area (Å²) in [6.45, 7) is 2.07. The van der Waals surface area contributed by atoms with Crippen molar-refractivity contribution in [2.45, 2.75) is 50.0 Å². The second-order valence-corrected chi connectivity index (χ2v) is 6.79. The largest absolute Gasteiger partial charge is 0.349 e. The lowest BCUT2D eigenvalue weighted by atomic mass is 10.0. The lowest BCUT2D eigenvalue weighted by Crippen LogP contribution is -2.30. The van der Waals surface area contributed by atoms with E-state index in [1.165, 1.54) is 10.5 Å². The van der Waals surface area contributed by atoms with Crippen LogP contribution < -0.4 is 5.32 Å². The molecule has 1 amide bonds. The van der Waals surface area contributed by atoms with Crippen molar-refractivity contribution in [2.75, 3.05) is 5.75 Å². The molecule has 1 aromatic heterocycles. The number of thioether (sulfide) groups is 1. The zero-order valence-corrected chi connectivity index (χ0v) is 14.1. The van der Waals surface area contributed by atoms with Gasteiger partial charge in [0, 0.05) is 29.9 Å². The van der Waals surface area contributed by atoms with Crippen molar-refractivity contribution in [2.24, 2.45) is 0 Å². The molecule has 23 heavy (non-hydrogen) atoms.